The van der Waals surface area contributed by atoms with Gasteiger partial charge in [-0.25, -0.2) is 4.68 Å². The maximum atomic E-state index is 12.0. The van der Waals surface area contributed by atoms with Gasteiger partial charge >= 0.3 is 5.97 Å². The van der Waals surface area contributed by atoms with Crippen molar-refractivity contribution in [2.45, 2.75) is 13.5 Å². The van der Waals surface area contributed by atoms with Gasteiger partial charge in [-0.3, -0.25) is 9.59 Å². The summed E-state index contributed by atoms with van der Waals surface area (Å²) in [5.74, 6) is -0.430. The molecule has 0 unspecified atom stereocenters. The van der Waals surface area contributed by atoms with Crippen molar-refractivity contribution in [3.63, 3.8) is 0 Å². The molecule has 0 fully saturated rings. The molecule has 0 amide bonds. The minimum absolute atomic E-state index is 0.0977. The average Bonchev–Trinajstić information content (AvgIpc) is 2.72. The maximum absolute atomic E-state index is 12.0. The lowest BCUT2D eigenvalue weighted by molar-refractivity contribution is -0.144. The molecule has 1 N–H and O–H groups in total. The van der Waals surface area contributed by atoms with Crippen molar-refractivity contribution >= 4 is 5.97 Å². The summed E-state index contributed by atoms with van der Waals surface area (Å²) < 4.78 is 6.03. The Bertz CT molecular complexity index is 584. The molecular weight excluding hydrogens is 232 g/mol. The van der Waals surface area contributed by atoms with E-state index in [1.807, 2.05) is 30.3 Å². The number of H-pyrrole nitrogens is 1. The van der Waals surface area contributed by atoms with E-state index in [0.717, 1.165) is 5.56 Å². The van der Waals surface area contributed by atoms with E-state index in [-0.39, 0.29) is 12.1 Å². The highest BCUT2D eigenvalue weighted by Gasteiger charge is 2.11. The van der Waals surface area contributed by atoms with Gasteiger partial charge in [-0.1, -0.05) is 30.3 Å². The van der Waals surface area contributed by atoms with Gasteiger partial charge in [-0.15, -0.1) is 0 Å². The Balaban J connectivity index is 2.25. The Morgan fingerprint density at radius 1 is 1.33 bits per heavy atom. The van der Waals surface area contributed by atoms with Gasteiger partial charge in [0, 0.05) is 6.20 Å². The molecule has 2 aromatic rings. The first-order chi connectivity index (χ1) is 8.72. The number of esters is 1. The molecule has 0 radical (unpaired) electrons. The second-order valence-electron chi connectivity index (χ2n) is 3.75. The molecule has 0 atom stereocenters. The fourth-order valence-electron chi connectivity index (χ4n) is 1.69. The summed E-state index contributed by atoms with van der Waals surface area (Å²) in [5, 5.41) is 2.77. The van der Waals surface area contributed by atoms with Gasteiger partial charge in [0.05, 0.1) is 12.2 Å². The third kappa shape index (κ3) is 2.51. The Morgan fingerprint density at radius 2 is 2.06 bits per heavy atom. The Hall–Kier alpha value is -2.30. The van der Waals surface area contributed by atoms with Crippen LogP contribution in [0.5, 0.6) is 0 Å². The standard InChI is InChI=1S/C13H14N2O3/c1-2-18-12(16)9-15-13(17)11(8-14-15)10-6-4-3-5-7-10/h3-8,14H,2,9H2,1H3. The number of aromatic amines is 1. The van der Waals surface area contributed by atoms with Crippen LogP contribution >= 0.6 is 0 Å². The molecule has 0 spiro atoms. The first-order valence-electron chi connectivity index (χ1n) is 5.71. The molecule has 0 aliphatic rings. The van der Waals surface area contributed by atoms with Crippen LogP contribution in [0.25, 0.3) is 11.1 Å². The van der Waals surface area contributed by atoms with E-state index >= 15 is 0 Å². The molecule has 1 heterocycles. The number of rotatable bonds is 4. The molecule has 18 heavy (non-hydrogen) atoms. The minimum atomic E-state index is -0.430. The van der Waals surface area contributed by atoms with Crippen LogP contribution in [0.4, 0.5) is 0 Å². The predicted molar refractivity (Wildman–Crippen MR) is 67.1 cm³/mol. The molecule has 0 saturated carbocycles. The second-order valence-corrected chi connectivity index (χ2v) is 3.75. The van der Waals surface area contributed by atoms with E-state index in [2.05, 4.69) is 5.10 Å². The van der Waals surface area contributed by atoms with E-state index in [1.165, 1.54) is 4.68 Å². The van der Waals surface area contributed by atoms with Crippen molar-refractivity contribution in [1.82, 2.24) is 9.78 Å². The summed E-state index contributed by atoms with van der Waals surface area (Å²) in [7, 11) is 0. The minimum Gasteiger partial charge on any atom is -0.465 e. The van der Waals surface area contributed by atoms with Gasteiger partial charge in [0.15, 0.2) is 0 Å². The fourth-order valence-corrected chi connectivity index (χ4v) is 1.69. The van der Waals surface area contributed by atoms with Crippen LogP contribution in [0.15, 0.2) is 41.3 Å². The van der Waals surface area contributed by atoms with Crippen molar-refractivity contribution in [1.29, 1.82) is 0 Å². The number of aromatic nitrogens is 2. The van der Waals surface area contributed by atoms with Crippen molar-refractivity contribution in [2.24, 2.45) is 0 Å². The molecule has 5 heteroatoms. The molecule has 5 nitrogen and oxygen atoms in total. The number of nitrogens with one attached hydrogen (secondary N) is 1. The zero-order valence-electron chi connectivity index (χ0n) is 10.1. The van der Waals surface area contributed by atoms with Crippen LogP contribution in [0.1, 0.15) is 6.92 Å². The van der Waals surface area contributed by atoms with Crippen LogP contribution in [-0.2, 0) is 16.1 Å². The van der Waals surface area contributed by atoms with Crippen LogP contribution in [0.2, 0.25) is 0 Å². The topological polar surface area (TPSA) is 64.1 Å². The van der Waals surface area contributed by atoms with Crippen molar-refractivity contribution < 1.29 is 9.53 Å². The molecule has 1 aromatic carbocycles. The number of carbonyl (C=O) groups is 1. The summed E-state index contributed by atoms with van der Waals surface area (Å²) in [6.07, 6.45) is 1.59. The lowest BCUT2D eigenvalue weighted by Gasteiger charge is -2.01. The second kappa shape index (κ2) is 5.35. The van der Waals surface area contributed by atoms with E-state index in [4.69, 9.17) is 4.74 Å². The lowest BCUT2D eigenvalue weighted by Crippen LogP contribution is -2.24. The third-order valence-electron chi connectivity index (χ3n) is 2.52. The molecule has 94 valence electrons. The summed E-state index contributed by atoms with van der Waals surface area (Å²) in [4.78, 5) is 23.3. The normalized spacial score (nSPS) is 10.3. The van der Waals surface area contributed by atoms with Gasteiger partial charge in [-0.2, -0.15) is 0 Å². The van der Waals surface area contributed by atoms with Crippen LogP contribution in [0, 0.1) is 0 Å². The van der Waals surface area contributed by atoms with Crippen molar-refractivity contribution in [2.75, 3.05) is 6.61 Å². The predicted octanol–water partition coefficient (Wildman–Crippen LogP) is 1.41. The van der Waals surface area contributed by atoms with Gasteiger partial charge < -0.3 is 9.84 Å². The molecule has 1 aromatic heterocycles. The van der Waals surface area contributed by atoms with Gasteiger partial charge in [-0.05, 0) is 12.5 Å². The third-order valence-corrected chi connectivity index (χ3v) is 2.52. The summed E-state index contributed by atoms with van der Waals surface area (Å²) in [5.41, 5.74) is 1.13. The first-order valence-corrected chi connectivity index (χ1v) is 5.71. The number of benzene rings is 1. The molecule has 0 saturated heterocycles. The van der Waals surface area contributed by atoms with Crippen LogP contribution < -0.4 is 5.56 Å². The van der Waals surface area contributed by atoms with Crippen LogP contribution in [0.3, 0.4) is 0 Å². The summed E-state index contributed by atoms with van der Waals surface area (Å²) in [6, 6.07) is 9.29. The number of ether oxygens (including phenoxy) is 1. The summed E-state index contributed by atoms with van der Waals surface area (Å²) in [6.45, 7) is 1.93. The highest BCUT2D eigenvalue weighted by molar-refractivity contribution is 5.69. The molecular formula is C13H14N2O3. The monoisotopic (exact) mass is 246 g/mol. The maximum Gasteiger partial charge on any atom is 0.327 e. The zero-order valence-corrected chi connectivity index (χ0v) is 10.1. The Labute approximate surface area is 104 Å². The van der Waals surface area contributed by atoms with Crippen molar-refractivity contribution in [3.8, 4) is 11.1 Å². The van der Waals surface area contributed by atoms with E-state index in [1.54, 1.807) is 13.1 Å². The highest BCUT2D eigenvalue weighted by Crippen LogP contribution is 2.13. The quantitative estimate of drug-likeness (QED) is 0.829. The van der Waals surface area contributed by atoms with Crippen LogP contribution in [-0.4, -0.2) is 22.4 Å². The summed E-state index contributed by atoms with van der Waals surface area (Å²) >= 11 is 0. The van der Waals surface area contributed by atoms with Crippen molar-refractivity contribution in [3.05, 3.63) is 46.9 Å². The highest BCUT2D eigenvalue weighted by atomic mass is 16.5. The van der Waals surface area contributed by atoms with Gasteiger partial charge in [0.25, 0.3) is 5.56 Å². The van der Waals surface area contributed by atoms with E-state index in [0.29, 0.717) is 12.2 Å². The largest absolute Gasteiger partial charge is 0.465 e. The van der Waals surface area contributed by atoms with Gasteiger partial charge in [0.1, 0.15) is 6.54 Å². The molecule has 0 aliphatic carbocycles. The zero-order chi connectivity index (χ0) is 13.0. The number of carbonyl (C=O) groups excluding carboxylic acids is 1. The van der Waals surface area contributed by atoms with Gasteiger partial charge in [0.2, 0.25) is 0 Å². The molecule has 2 rings (SSSR count). The number of hydrogen-bond donors (Lipinski definition) is 1. The smallest absolute Gasteiger partial charge is 0.327 e. The Kier molecular flexibility index (Phi) is 3.62. The SMILES string of the molecule is CCOC(=O)Cn1[nH]cc(-c2ccccc2)c1=O. The number of hydrogen-bond acceptors (Lipinski definition) is 3. The van der Waals surface area contributed by atoms with E-state index < -0.39 is 5.97 Å². The number of nitrogens with zero attached hydrogens (tertiary/aromatic N) is 1. The van der Waals surface area contributed by atoms with E-state index in [9.17, 15) is 9.59 Å². The first kappa shape index (κ1) is 12.2. The molecule has 0 bridgehead atoms. The lowest BCUT2D eigenvalue weighted by atomic mass is 10.1. The fraction of sp³-hybridized carbons (Fsp3) is 0.231. The Morgan fingerprint density at radius 3 is 2.72 bits per heavy atom. The average molecular weight is 246 g/mol. The molecule has 0 aliphatic heterocycles.